The molecule has 2 heterocycles. The first-order valence-corrected chi connectivity index (χ1v) is 3.54. The molecule has 0 saturated carbocycles. The van der Waals surface area contributed by atoms with Gasteiger partial charge in [-0.2, -0.15) is 0 Å². The minimum atomic E-state index is 0.292. The highest BCUT2D eigenvalue weighted by molar-refractivity contribution is 6.29. The second kappa shape index (κ2) is 2.53. The molecule has 2 N–H and O–H groups in total. The van der Waals surface area contributed by atoms with Gasteiger partial charge in [0.1, 0.15) is 17.0 Å². The van der Waals surface area contributed by atoms with E-state index in [1.807, 2.05) is 0 Å². The molecule has 0 amide bonds. The average molecular weight is 182 g/mol. The molecule has 2 aromatic rings. The van der Waals surface area contributed by atoms with E-state index in [2.05, 4.69) is 19.9 Å². The zero-order valence-electron chi connectivity index (χ0n) is 5.90. The highest BCUT2D eigenvalue weighted by Crippen LogP contribution is 2.12. The van der Waals surface area contributed by atoms with Crippen molar-refractivity contribution in [2.75, 3.05) is 5.73 Å². The van der Waals surface area contributed by atoms with E-state index in [9.17, 15) is 0 Å². The SMILES string of the molecule is Nc1ncnc2nc(Cl)cnc12. The molecule has 12 heavy (non-hydrogen) atoms. The predicted octanol–water partition coefficient (Wildman–Crippen LogP) is 0.655. The maximum Gasteiger partial charge on any atom is 0.184 e. The Hall–Kier alpha value is -1.49. The number of halogens is 1. The topological polar surface area (TPSA) is 77.6 Å². The highest BCUT2D eigenvalue weighted by Gasteiger charge is 2.02. The first-order chi connectivity index (χ1) is 5.77. The number of anilines is 1. The van der Waals surface area contributed by atoms with E-state index in [1.165, 1.54) is 12.5 Å². The van der Waals surface area contributed by atoms with Crippen LogP contribution in [-0.2, 0) is 0 Å². The summed E-state index contributed by atoms with van der Waals surface area (Å²) >= 11 is 5.60. The molecule has 60 valence electrons. The van der Waals surface area contributed by atoms with Crippen LogP contribution in [0.4, 0.5) is 5.82 Å². The third kappa shape index (κ3) is 1.04. The van der Waals surface area contributed by atoms with Crippen molar-refractivity contribution in [2.45, 2.75) is 0 Å². The minimum Gasteiger partial charge on any atom is -0.382 e. The van der Waals surface area contributed by atoms with E-state index >= 15 is 0 Å². The summed E-state index contributed by atoms with van der Waals surface area (Å²) in [5.74, 6) is 0.309. The monoisotopic (exact) mass is 181 g/mol. The summed E-state index contributed by atoms with van der Waals surface area (Å²) in [5, 5.41) is 0.292. The van der Waals surface area contributed by atoms with Crippen molar-refractivity contribution in [3.05, 3.63) is 17.7 Å². The zero-order valence-corrected chi connectivity index (χ0v) is 6.65. The third-order valence-corrected chi connectivity index (χ3v) is 1.53. The van der Waals surface area contributed by atoms with Crippen LogP contribution in [-0.4, -0.2) is 19.9 Å². The maximum atomic E-state index is 5.60. The normalized spacial score (nSPS) is 10.4. The highest BCUT2D eigenvalue weighted by atomic mass is 35.5. The average Bonchev–Trinajstić information content (AvgIpc) is 2.04. The molecule has 0 aliphatic carbocycles. The molecule has 0 spiro atoms. The molecule has 0 aromatic carbocycles. The van der Waals surface area contributed by atoms with Gasteiger partial charge in [0.25, 0.3) is 0 Å². The van der Waals surface area contributed by atoms with Gasteiger partial charge in [-0.15, -0.1) is 0 Å². The van der Waals surface area contributed by atoms with Gasteiger partial charge in [0.05, 0.1) is 6.20 Å². The fraction of sp³-hybridized carbons (Fsp3) is 0. The quantitative estimate of drug-likeness (QED) is 0.646. The molecule has 0 unspecified atom stereocenters. The Morgan fingerprint density at radius 3 is 2.92 bits per heavy atom. The van der Waals surface area contributed by atoms with Gasteiger partial charge in [-0.05, 0) is 0 Å². The standard InChI is InChI=1S/C6H4ClN5/c7-3-1-9-4-5(8)10-2-11-6(4)12-3/h1-2H,(H2,8,10,11,12). The van der Waals surface area contributed by atoms with E-state index in [4.69, 9.17) is 17.3 Å². The van der Waals surface area contributed by atoms with Crippen LogP contribution in [0.3, 0.4) is 0 Å². The summed E-state index contributed by atoms with van der Waals surface area (Å²) in [6, 6.07) is 0. The molecular formula is C6H4ClN5. The molecule has 2 rings (SSSR count). The minimum absolute atomic E-state index is 0.292. The molecule has 0 saturated heterocycles. The molecule has 2 aromatic heterocycles. The summed E-state index contributed by atoms with van der Waals surface area (Å²) < 4.78 is 0. The van der Waals surface area contributed by atoms with Crippen LogP contribution in [0.5, 0.6) is 0 Å². The molecule has 0 bridgehead atoms. The van der Waals surface area contributed by atoms with Gasteiger partial charge >= 0.3 is 0 Å². The van der Waals surface area contributed by atoms with E-state index < -0.39 is 0 Å². The van der Waals surface area contributed by atoms with E-state index in [0.717, 1.165) is 0 Å². The van der Waals surface area contributed by atoms with Gasteiger partial charge in [0.15, 0.2) is 11.5 Å². The summed E-state index contributed by atoms with van der Waals surface area (Å²) in [7, 11) is 0. The van der Waals surface area contributed by atoms with Crippen molar-refractivity contribution < 1.29 is 0 Å². The molecule has 0 aliphatic rings. The zero-order chi connectivity index (χ0) is 8.55. The van der Waals surface area contributed by atoms with Gasteiger partial charge in [-0.1, -0.05) is 11.6 Å². The van der Waals surface area contributed by atoms with E-state index in [0.29, 0.717) is 22.1 Å². The Labute approximate surface area is 72.6 Å². The molecule has 5 nitrogen and oxygen atoms in total. The first-order valence-electron chi connectivity index (χ1n) is 3.16. The summed E-state index contributed by atoms with van der Waals surface area (Å²) in [4.78, 5) is 15.5. The van der Waals surface area contributed by atoms with Gasteiger partial charge in [0.2, 0.25) is 0 Å². The van der Waals surface area contributed by atoms with Crippen molar-refractivity contribution in [3.63, 3.8) is 0 Å². The first kappa shape index (κ1) is 7.17. The Morgan fingerprint density at radius 1 is 1.25 bits per heavy atom. The number of nitrogens with zero attached hydrogens (tertiary/aromatic N) is 4. The molecule has 0 fully saturated rings. The smallest absolute Gasteiger partial charge is 0.184 e. The van der Waals surface area contributed by atoms with Gasteiger partial charge in [-0.25, -0.2) is 19.9 Å². The van der Waals surface area contributed by atoms with E-state index in [-0.39, 0.29) is 0 Å². The predicted molar refractivity (Wildman–Crippen MR) is 44.6 cm³/mol. The largest absolute Gasteiger partial charge is 0.382 e. The van der Waals surface area contributed by atoms with Crippen LogP contribution >= 0.6 is 11.6 Å². The Bertz CT molecular complexity index is 429. The Kier molecular flexibility index (Phi) is 1.51. The number of hydrogen-bond donors (Lipinski definition) is 1. The fourth-order valence-corrected chi connectivity index (χ4v) is 0.965. The number of nitrogen functional groups attached to an aromatic ring is 1. The van der Waals surface area contributed by atoms with Crippen LogP contribution < -0.4 is 5.73 Å². The Morgan fingerprint density at radius 2 is 2.08 bits per heavy atom. The van der Waals surface area contributed by atoms with Crippen molar-refractivity contribution in [1.82, 2.24) is 19.9 Å². The second-order valence-electron chi connectivity index (χ2n) is 2.12. The van der Waals surface area contributed by atoms with Crippen molar-refractivity contribution >= 4 is 28.6 Å². The fourth-order valence-electron chi connectivity index (χ4n) is 0.836. The third-order valence-electron chi connectivity index (χ3n) is 1.34. The molecule has 0 aliphatic heterocycles. The molecule has 0 radical (unpaired) electrons. The van der Waals surface area contributed by atoms with Crippen LogP contribution in [0.1, 0.15) is 0 Å². The summed E-state index contributed by atoms with van der Waals surface area (Å²) in [5.41, 5.74) is 6.40. The molecule has 0 atom stereocenters. The number of nitrogens with two attached hydrogens (primary N) is 1. The Balaban J connectivity index is 2.86. The van der Waals surface area contributed by atoms with Gasteiger partial charge in [-0.3, -0.25) is 0 Å². The van der Waals surface area contributed by atoms with Gasteiger partial charge < -0.3 is 5.73 Å². The van der Waals surface area contributed by atoms with Crippen molar-refractivity contribution in [2.24, 2.45) is 0 Å². The second-order valence-corrected chi connectivity index (χ2v) is 2.51. The maximum absolute atomic E-state index is 5.60. The van der Waals surface area contributed by atoms with Crippen LogP contribution in [0.2, 0.25) is 5.15 Å². The van der Waals surface area contributed by atoms with Crippen LogP contribution in [0.15, 0.2) is 12.5 Å². The lowest BCUT2D eigenvalue weighted by molar-refractivity contribution is 1.15. The van der Waals surface area contributed by atoms with Crippen LogP contribution in [0.25, 0.3) is 11.2 Å². The summed E-state index contributed by atoms with van der Waals surface area (Å²) in [6.07, 6.45) is 2.73. The van der Waals surface area contributed by atoms with Crippen molar-refractivity contribution in [3.8, 4) is 0 Å². The lowest BCUT2D eigenvalue weighted by Crippen LogP contribution is -1.96. The molecule has 6 heteroatoms. The van der Waals surface area contributed by atoms with E-state index in [1.54, 1.807) is 0 Å². The number of aromatic nitrogens is 4. The number of hydrogen-bond acceptors (Lipinski definition) is 5. The van der Waals surface area contributed by atoms with Crippen molar-refractivity contribution in [1.29, 1.82) is 0 Å². The lowest BCUT2D eigenvalue weighted by atomic mass is 10.5. The van der Waals surface area contributed by atoms with Gasteiger partial charge in [0, 0.05) is 0 Å². The summed E-state index contributed by atoms with van der Waals surface area (Å²) in [6.45, 7) is 0. The van der Waals surface area contributed by atoms with Crippen LogP contribution in [0, 0.1) is 0 Å². The lowest BCUT2D eigenvalue weighted by Gasteiger charge is -1.96. The molecular weight excluding hydrogens is 178 g/mol. The number of rotatable bonds is 0. The number of fused-ring (bicyclic) bond motifs is 1.